The third-order valence-electron chi connectivity index (χ3n) is 7.34. The highest BCUT2D eigenvalue weighted by atomic mass is 35.5. The zero-order valence-electron chi connectivity index (χ0n) is 20.8. The van der Waals surface area contributed by atoms with E-state index in [0.717, 1.165) is 31.1 Å². The Hall–Kier alpha value is -2.66. The van der Waals surface area contributed by atoms with Gasteiger partial charge in [0.1, 0.15) is 17.2 Å². The second-order valence-corrected chi connectivity index (χ2v) is 10.6. The molecule has 2 aliphatic rings. The molecular weight excluding hydrogens is 532 g/mol. The van der Waals surface area contributed by atoms with Crippen molar-refractivity contribution in [3.05, 3.63) is 92.7 Å². The van der Waals surface area contributed by atoms with Crippen LogP contribution in [0.25, 0.3) is 0 Å². The number of fused-ring (bicyclic) bond motifs is 1. The summed E-state index contributed by atoms with van der Waals surface area (Å²) in [4.78, 5) is 25.4. The fraction of sp³-hybridized carbons (Fsp3) is 0.370. The molecule has 1 aromatic heterocycles. The van der Waals surface area contributed by atoms with E-state index >= 15 is 4.39 Å². The van der Waals surface area contributed by atoms with Crippen LogP contribution < -0.4 is 5.32 Å². The van der Waals surface area contributed by atoms with E-state index in [0.29, 0.717) is 23.0 Å². The smallest absolute Gasteiger partial charge is 0.257 e. The number of β-amino-alcohol motifs (C(OH)–C–C–N with tert-alkyl or cyclic N) is 1. The van der Waals surface area contributed by atoms with E-state index in [2.05, 4.69) is 20.2 Å². The highest BCUT2D eigenvalue weighted by Gasteiger charge is 2.53. The summed E-state index contributed by atoms with van der Waals surface area (Å²) in [6.07, 6.45) is 3.08. The number of piperazine rings is 1. The van der Waals surface area contributed by atoms with Crippen LogP contribution >= 0.6 is 23.2 Å². The van der Waals surface area contributed by atoms with Gasteiger partial charge in [-0.3, -0.25) is 14.6 Å². The van der Waals surface area contributed by atoms with Gasteiger partial charge in [0.15, 0.2) is 5.72 Å². The molecule has 3 heterocycles. The lowest BCUT2D eigenvalue weighted by Crippen LogP contribution is -2.49. The minimum Gasteiger partial charge on any atom is -0.384 e. The van der Waals surface area contributed by atoms with Gasteiger partial charge in [-0.05, 0) is 36.2 Å². The van der Waals surface area contributed by atoms with Crippen molar-refractivity contribution < 1.29 is 19.4 Å². The molecule has 3 aromatic rings. The molecule has 200 valence electrons. The first-order chi connectivity index (χ1) is 18.2. The molecule has 1 saturated heterocycles. The number of nitrogens with one attached hydrogen (secondary N) is 1. The van der Waals surface area contributed by atoms with Gasteiger partial charge in [-0.25, -0.2) is 14.4 Å². The standard InChI is InChI=1S/C27H28Cl2FN5O3/c1-2-26(37,16-34-9-7-31-8-10-34)18-11-21-24(22(30)12-18)27(38,17-3-5-19(28)6-4-17)35(25(21)36)15-23-32-13-20(29)14-33-23/h3-6,11-14,31,37-38H,2,7-10,15-16H2,1H3/t26?,27-/m1/s1. The monoisotopic (exact) mass is 559 g/mol. The molecule has 0 aliphatic carbocycles. The van der Waals surface area contributed by atoms with E-state index < -0.39 is 23.1 Å². The van der Waals surface area contributed by atoms with Gasteiger partial charge in [0.05, 0.1) is 22.7 Å². The lowest BCUT2D eigenvalue weighted by atomic mass is 9.85. The normalized spacial score (nSPS) is 21.4. The number of aliphatic hydroxyl groups is 2. The van der Waals surface area contributed by atoms with Gasteiger partial charge in [0.2, 0.25) is 0 Å². The average molecular weight is 560 g/mol. The fourth-order valence-corrected chi connectivity index (χ4v) is 5.43. The van der Waals surface area contributed by atoms with Crippen LogP contribution in [0.15, 0.2) is 48.8 Å². The Labute approximate surface area is 230 Å². The lowest BCUT2D eigenvalue weighted by molar-refractivity contribution is -0.0573. The van der Waals surface area contributed by atoms with E-state index in [-0.39, 0.29) is 34.6 Å². The number of halogens is 3. The maximum absolute atomic E-state index is 16.0. The van der Waals surface area contributed by atoms with Gasteiger partial charge in [-0.1, -0.05) is 42.3 Å². The maximum atomic E-state index is 16.0. The number of rotatable bonds is 7. The number of hydrogen-bond acceptors (Lipinski definition) is 7. The van der Waals surface area contributed by atoms with Crippen molar-refractivity contribution in [2.45, 2.75) is 31.2 Å². The molecule has 11 heteroatoms. The van der Waals surface area contributed by atoms with Gasteiger partial charge < -0.3 is 15.5 Å². The number of carbonyl (C=O) groups is 1. The van der Waals surface area contributed by atoms with Crippen molar-refractivity contribution in [3.63, 3.8) is 0 Å². The van der Waals surface area contributed by atoms with Crippen molar-refractivity contribution in [1.82, 2.24) is 25.1 Å². The second-order valence-electron chi connectivity index (χ2n) is 9.68. The Balaban J connectivity index is 1.61. The minimum absolute atomic E-state index is 0.0291. The summed E-state index contributed by atoms with van der Waals surface area (Å²) >= 11 is 12.0. The van der Waals surface area contributed by atoms with Gasteiger partial charge in [0, 0.05) is 55.7 Å². The number of nitrogens with zero attached hydrogens (tertiary/aromatic N) is 4. The molecular formula is C27H28Cl2FN5O3. The fourth-order valence-electron chi connectivity index (χ4n) is 5.20. The molecule has 0 spiro atoms. The van der Waals surface area contributed by atoms with Crippen molar-refractivity contribution in [3.8, 4) is 0 Å². The van der Waals surface area contributed by atoms with Crippen molar-refractivity contribution >= 4 is 29.1 Å². The van der Waals surface area contributed by atoms with Crippen molar-refractivity contribution in [2.24, 2.45) is 0 Å². The highest BCUT2D eigenvalue weighted by molar-refractivity contribution is 6.30. The zero-order chi connectivity index (χ0) is 27.1. The van der Waals surface area contributed by atoms with Crippen LogP contribution in [0.1, 0.15) is 46.2 Å². The van der Waals surface area contributed by atoms with Crippen molar-refractivity contribution in [2.75, 3.05) is 32.7 Å². The van der Waals surface area contributed by atoms with Crippen LogP contribution in [0, 0.1) is 5.82 Å². The Bertz CT molecular complexity index is 1340. The molecule has 8 nitrogen and oxygen atoms in total. The number of benzene rings is 2. The van der Waals surface area contributed by atoms with E-state index in [1.165, 1.54) is 24.5 Å². The summed E-state index contributed by atoms with van der Waals surface area (Å²) in [6, 6.07) is 8.92. The second kappa shape index (κ2) is 10.5. The van der Waals surface area contributed by atoms with Gasteiger partial charge in [-0.15, -0.1) is 0 Å². The Morgan fingerprint density at radius 3 is 2.39 bits per heavy atom. The summed E-state index contributed by atoms with van der Waals surface area (Å²) in [5, 5.41) is 27.7. The molecule has 5 rings (SSSR count). The molecule has 3 N–H and O–H groups in total. The first-order valence-electron chi connectivity index (χ1n) is 12.4. The molecule has 38 heavy (non-hydrogen) atoms. The van der Waals surface area contributed by atoms with Gasteiger partial charge in [0.25, 0.3) is 5.91 Å². The third-order valence-corrected chi connectivity index (χ3v) is 7.79. The summed E-state index contributed by atoms with van der Waals surface area (Å²) in [6.45, 7) is 5.00. The van der Waals surface area contributed by atoms with E-state index in [9.17, 15) is 15.0 Å². The van der Waals surface area contributed by atoms with Crippen LogP contribution in [-0.2, 0) is 17.9 Å². The average Bonchev–Trinajstić information content (AvgIpc) is 3.13. The van der Waals surface area contributed by atoms with E-state index in [4.69, 9.17) is 23.2 Å². The molecule has 2 aliphatic heterocycles. The van der Waals surface area contributed by atoms with E-state index in [1.807, 2.05) is 6.92 Å². The number of carbonyl (C=O) groups excluding carboxylic acids is 1. The van der Waals surface area contributed by atoms with E-state index in [1.54, 1.807) is 24.3 Å². The first kappa shape index (κ1) is 26.9. The maximum Gasteiger partial charge on any atom is 0.257 e. The summed E-state index contributed by atoms with van der Waals surface area (Å²) < 4.78 is 16.0. The largest absolute Gasteiger partial charge is 0.384 e. The molecule has 2 aromatic carbocycles. The summed E-state index contributed by atoms with van der Waals surface area (Å²) in [7, 11) is 0. The van der Waals surface area contributed by atoms with Crippen LogP contribution in [0.3, 0.4) is 0 Å². The quantitative estimate of drug-likeness (QED) is 0.408. The Kier molecular flexibility index (Phi) is 7.43. The van der Waals surface area contributed by atoms with Crippen LogP contribution in [0.5, 0.6) is 0 Å². The molecule has 0 saturated carbocycles. The van der Waals surface area contributed by atoms with Crippen LogP contribution in [0.2, 0.25) is 10.0 Å². The topological polar surface area (TPSA) is 102 Å². The SMILES string of the molecule is CCC(O)(CN1CCNCC1)c1cc(F)c2c(c1)C(=O)N(Cc1ncc(Cl)cn1)[C@@]2(O)c1ccc(Cl)cc1. The van der Waals surface area contributed by atoms with Gasteiger partial charge >= 0.3 is 0 Å². The Morgan fingerprint density at radius 1 is 1.11 bits per heavy atom. The minimum atomic E-state index is -2.16. The third kappa shape index (κ3) is 4.79. The summed E-state index contributed by atoms with van der Waals surface area (Å²) in [5.74, 6) is -1.19. The molecule has 1 amide bonds. The molecule has 1 unspecified atom stereocenters. The predicted octanol–water partition coefficient (Wildman–Crippen LogP) is 3.27. The molecule has 0 radical (unpaired) electrons. The van der Waals surface area contributed by atoms with Crippen LogP contribution in [0.4, 0.5) is 4.39 Å². The molecule has 0 bridgehead atoms. The van der Waals surface area contributed by atoms with Crippen LogP contribution in [-0.4, -0.2) is 68.6 Å². The summed E-state index contributed by atoms with van der Waals surface area (Å²) in [5.41, 5.74) is -3.24. The first-order valence-corrected chi connectivity index (χ1v) is 13.2. The number of hydrogen-bond donors (Lipinski definition) is 3. The Morgan fingerprint density at radius 2 is 1.76 bits per heavy atom. The zero-order valence-corrected chi connectivity index (χ0v) is 22.3. The molecule has 1 fully saturated rings. The number of amides is 1. The molecule has 2 atom stereocenters. The van der Waals surface area contributed by atoms with Crippen molar-refractivity contribution in [1.29, 1.82) is 0 Å². The predicted molar refractivity (Wildman–Crippen MR) is 141 cm³/mol. The highest BCUT2D eigenvalue weighted by Crippen LogP contribution is 2.46. The van der Waals surface area contributed by atoms with Gasteiger partial charge in [-0.2, -0.15) is 0 Å². The number of aromatic nitrogens is 2. The lowest BCUT2D eigenvalue weighted by Gasteiger charge is -2.36.